The third-order valence-corrected chi connectivity index (χ3v) is 3.60. The maximum Gasteiger partial charge on any atom is -0.0351 e. The molecule has 0 amide bonds. The molecule has 0 nitrogen and oxygen atoms in total. The van der Waals surface area contributed by atoms with Crippen LogP contribution >= 0.6 is 0 Å². The minimum Gasteiger partial charge on any atom is -0.0885 e. The molecule has 0 heteroatoms. The molecule has 0 heterocycles. The standard InChI is InChI=1S/C15H28/c1-2-3-4-5-6-7-8-9-10-12-15-13-11-14-15/h5-6,15H,2-4,7-14H2,1H3/b6-5-. The highest BCUT2D eigenvalue weighted by Gasteiger charge is 2.15. The second kappa shape index (κ2) is 9.00. The lowest BCUT2D eigenvalue weighted by atomic mass is 9.82. The van der Waals surface area contributed by atoms with Crippen LogP contribution in [0, 0.1) is 5.92 Å². The van der Waals surface area contributed by atoms with Gasteiger partial charge in [0.1, 0.15) is 0 Å². The Morgan fingerprint density at radius 3 is 2.27 bits per heavy atom. The lowest BCUT2D eigenvalue weighted by Crippen LogP contribution is -2.10. The third kappa shape index (κ3) is 6.76. The summed E-state index contributed by atoms with van der Waals surface area (Å²) in [6, 6.07) is 0. The van der Waals surface area contributed by atoms with E-state index < -0.39 is 0 Å². The van der Waals surface area contributed by atoms with Gasteiger partial charge in [0.25, 0.3) is 0 Å². The number of hydrogen-bond acceptors (Lipinski definition) is 0. The van der Waals surface area contributed by atoms with Crippen LogP contribution in [0.15, 0.2) is 12.2 Å². The van der Waals surface area contributed by atoms with Gasteiger partial charge in [-0.3, -0.25) is 0 Å². The zero-order valence-electron chi connectivity index (χ0n) is 10.5. The summed E-state index contributed by atoms with van der Waals surface area (Å²) in [6.45, 7) is 2.26. The average molecular weight is 208 g/mol. The smallest absolute Gasteiger partial charge is 0.0351 e. The molecule has 88 valence electrons. The second-order valence-corrected chi connectivity index (χ2v) is 5.05. The van der Waals surface area contributed by atoms with Crippen molar-refractivity contribution in [1.82, 2.24) is 0 Å². The van der Waals surface area contributed by atoms with E-state index in [1.165, 1.54) is 70.6 Å². The van der Waals surface area contributed by atoms with E-state index in [0.717, 1.165) is 5.92 Å². The zero-order chi connectivity index (χ0) is 10.8. The van der Waals surface area contributed by atoms with Crippen molar-refractivity contribution >= 4 is 0 Å². The van der Waals surface area contributed by atoms with Crippen molar-refractivity contribution in [2.75, 3.05) is 0 Å². The van der Waals surface area contributed by atoms with Gasteiger partial charge in [-0.2, -0.15) is 0 Å². The Bertz CT molecular complexity index is 153. The van der Waals surface area contributed by atoms with Crippen molar-refractivity contribution < 1.29 is 0 Å². The number of hydrogen-bond donors (Lipinski definition) is 0. The Morgan fingerprint density at radius 1 is 0.933 bits per heavy atom. The van der Waals surface area contributed by atoms with E-state index in [1.54, 1.807) is 0 Å². The summed E-state index contributed by atoms with van der Waals surface area (Å²) in [5.41, 5.74) is 0. The monoisotopic (exact) mass is 208 g/mol. The van der Waals surface area contributed by atoms with Crippen molar-refractivity contribution in [2.45, 2.75) is 77.6 Å². The van der Waals surface area contributed by atoms with Crippen molar-refractivity contribution in [1.29, 1.82) is 0 Å². The van der Waals surface area contributed by atoms with E-state index in [4.69, 9.17) is 0 Å². The molecular formula is C15H28. The molecule has 1 aliphatic carbocycles. The van der Waals surface area contributed by atoms with Gasteiger partial charge in [0.2, 0.25) is 0 Å². The van der Waals surface area contributed by atoms with Crippen LogP contribution < -0.4 is 0 Å². The quantitative estimate of drug-likeness (QED) is 0.347. The minimum atomic E-state index is 1.12. The fourth-order valence-corrected chi connectivity index (χ4v) is 2.21. The Morgan fingerprint density at radius 2 is 1.67 bits per heavy atom. The molecule has 1 saturated carbocycles. The van der Waals surface area contributed by atoms with Crippen LogP contribution in [-0.2, 0) is 0 Å². The molecule has 1 fully saturated rings. The number of unbranched alkanes of at least 4 members (excludes halogenated alkanes) is 5. The van der Waals surface area contributed by atoms with E-state index in [1.807, 2.05) is 0 Å². The van der Waals surface area contributed by atoms with Crippen LogP contribution in [0.2, 0.25) is 0 Å². The molecular weight excluding hydrogens is 180 g/mol. The summed E-state index contributed by atoms with van der Waals surface area (Å²) in [7, 11) is 0. The highest BCUT2D eigenvalue weighted by atomic mass is 14.2. The molecule has 0 radical (unpaired) electrons. The fraction of sp³-hybridized carbons (Fsp3) is 0.867. The Balaban J connectivity index is 1.74. The summed E-state index contributed by atoms with van der Waals surface area (Å²) in [5, 5.41) is 0. The molecule has 0 aromatic rings. The minimum absolute atomic E-state index is 1.12. The first-order valence-corrected chi connectivity index (χ1v) is 7.08. The van der Waals surface area contributed by atoms with Gasteiger partial charge in [0, 0.05) is 0 Å². The highest BCUT2D eigenvalue weighted by Crippen LogP contribution is 2.30. The van der Waals surface area contributed by atoms with E-state index in [-0.39, 0.29) is 0 Å². The summed E-state index contributed by atoms with van der Waals surface area (Å²) >= 11 is 0. The third-order valence-electron chi connectivity index (χ3n) is 3.60. The maximum atomic E-state index is 2.39. The molecule has 0 unspecified atom stereocenters. The molecule has 15 heavy (non-hydrogen) atoms. The van der Waals surface area contributed by atoms with Crippen LogP contribution in [0.4, 0.5) is 0 Å². The van der Waals surface area contributed by atoms with Crippen LogP contribution in [0.5, 0.6) is 0 Å². The van der Waals surface area contributed by atoms with Crippen molar-refractivity contribution in [2.24, 2.45) is 5.92 Å². The average Bonchev–Trinajstić information content (AvgIpc) is 2.18. The van der Waals surface area contributed by atoms with E-state index >= 15 is 0 Å². The van der Waals surface area contributed by atoms with Gasteiger partial charge in [0.15, 0.2) is 0 Å². The van der Waals surface area contributed by atoms with Crippen LogP contribution in [0.25, 0.3) is 0 Å². The molecule has 0 spiro atoms. The van der Waals surface area contributed by atoms with Gasteiger partial charge in [-0.1, -0.05) is 70.4 Å². The zero-order valence-corrected chi connectivity index (χ0v) is 10.5. The van der Waals surface area contributed by atoms with Gasteiger partial charge in [-0.15, -0.1) is 0 Å². The maximum absolute atomic E-state index is 2.39. The first-order chi connectivity index (χ1) is 7.43. The normalized spacial score (nSPS) is 17.1. The van der Waals surface area contributed by atoms with Gasteiger partial charge >= 0.3 is 0 Å². The first-order valence-electron chi connectivity index (χ1n) is 7.08. The molecule has 0 saturated heterocycles. The molecule has 0 aromatic carbocycles. The van der Waals surface area contributed by atoms with Crippen LogP contribution in [0.3, 0.4) is 0 Å². The molecule has 1 rings (SSSR count). The van der Waals surface area contributed by atoms with Crippen molar-refractivity contribution in [3.63, 3.8) is 0 Å². The topological polar surface area (TPSA) is 0 Å². The highest BCUT2D eigenvalue weighted by molar-refractivity contribution is 4.81. The molecule has 0 N–H and O–H groups in total. The molecule has 0 aromatic heterocycles. The number of allylic oxidation sites excluding steroid dienone is 2. The largest absolute Gasteiger partial charge is 0.0885 e. The van der Waals surface area contributed by atoms with E-state index in [2.05, 4.69) is 19.1 Å². The van der Waals surface area contributed by atoms with Crippen molar-refractivity contribution in [3.8, 4) is 0 Å². The molecule has 1 aliphatic rings. The summed E-state index contributed by atoms with van der Waals surface area (Å²) < 4.78 is 0. The van der Waals surface area contributed by atoms with Crippen LogP contribution in [-0.4, -0.2) is 0 Å². The lowest BCUT2D eigenvalue weighted by Gasteiger charge is -2.24. The number of rotatable bonds is 9. The lowest BCUT2D eigenvalue weighted by molar-refractivity contribution is 0.287. The Hall–Kier alpha value is -0.260. The van der Waals surface area contributed by atoms with Gasteiger partial charge in [-0.05, 0) is 25.2 Å². The van der Waals surface area contributed by atoms with E-state index in [9.17, 15) is 0 Å². The first kappa shape index (κ1) is 12.8. The van der Waals surface area contributed by atoms with Gasteiger partial charge in [0.05, 0.1) is 0 Å². The molecule has 0 aliphatic heterocycles. The summed E-state index contributed by atoms with van der Waals surface area (Å²) in [6.07, 6.45) is 20.5. The SMILES string of the molecule is CCCC/C=C\CCCCCC1CCC1. The summed E-state index contributed by atoms with van der Waals surface area (Å²) in [5.74, 6) is 1.12. The Kier molecular flexibility index (Phi) is 7.69. The van der Waals surface area contributed by atoms with Crippen molar-refractivity contribution in [3.05, 3.63) is 12.2 Å². The predicted molar refractivity (Wildman–Crippen MR) is 69.1 cm³/mol. The summed E-state index contributed by atoms with van der Waals surface area (Å²) in [4.78, 5) is 0. The molecule has 0 bridgehead atoms. The van der Waals surface area contributed by atoms with Crippen LogP contribution in [0.1, 0.15) is 77.6 Å². The van der Waals surface area contributed by atoms with E-state index in [0.29, 0.717) is 0 Å². The van der Waals surface area contributed by atoms with Gasteiger partial charge in [-0.25, -0.2) is 0 Å². The fourth-order valence-electron chi connectivity index (χ4n) is 2.21. The molecule has 0 atom stereocenters. The Labute approximate surface area is 96.2 Å². The predicted octanol–water partition coefficient (Wildman–Crippen LogP) is 5.48. The van der Waals surface area contributed by atoms with Gasteiger partial charge < -0.3 is 0 Å². The second-order valence-electron chi connectivity index (χ2n) is 5.05.